The molecule has 0 aliphatic carbocycles. The summed E-state index contributed by atoms with van der Waals surface area (Å²) in [5.74, 6) is 0. The number of hydrogen-bond donors (Lipinski definition) is 2. The summed E-state index contributed by atoms with van der Waals surface area (Å²) in [6, 6.07) is 11.4. The Morgan fingerprint density at radius 3 is 2.58 bits per heavy atom. The van der Waals surface area contributed by atoms with Crippen LogP contribution in [-0.4, -0.2) is 23.0 Å². The molecule has 0 radical (unpaired) electrons. The molecule has 2 aromatic rings. The maximum absolute atomic E-state index is 10.8. The summed E-state index contributed by atoms with van der Waals surface area (Å²) < 4.78 is 0. The minimum atomic E-state index is -0.444. The fraction of sp³-hybridized carbons (Fsp3) is 0.154. The Hall–Kier alpha value is -2.63. The first kappa shape index (κ1) is 12.8. The highest BCUT2D eigenvalue weighted by molar-refractivity contribution is 5.59. The third-order valence-corrected chi connectivity index (χ3v) is 2.54. The zero-order chi connectivity index (χ0) is 13.5. The van der Waals surface area contributed by atoms with Gasteiger partial charge >= 0.3 is 5.69 Å². The summed E-state index contributed by atoms with van der Waals surface area (Å²) >= 11 is 0. The summed E-state index contributed by atoms with van der Waals surface area (Å²) in [4.78, 5) is 14.1. The van der Waals surface area contributed by atoms with E-state index in [1.807, 2.05) is 30.3 Å². The molecule has 0 amide bonds. The van der Waals surface area contributed by atoms with Gasteiger partial charge in [-0.1, -0.05) is 18.2 Å². The lowest BCUT2D eigenvalue weighted by molar-refractivity contribution is -0.384. The molecule has 0 atom stereocenters. The van der Waals surface area contributed by atoms with E-state index in [0.717, 1.165) is 5.69 Å². The number of nitrogens with one attached hydrogen (secondary N) is 2. The van der Waals surface area contributed by atoms with Crippen LogP contribution < -0.4 is 10.6 Å². The average molecular weight is 258 g/mol. The van der Waals surface area contributed by atoms with E-state index in [0.29, 0.717) is 18.8 Å². The largest absolute Gasteiger partial charge is 0.383 e. The van der Waals surface area contributed by atoms with Crippen molar-refractivity contribution in [2.45, 2.75) is 0 Å². The molecule has 0 saturated heterocycles. The zero-order valence-corrected chi connectivity index (χ0v) is 10.2. The van der Waals surface area contributed by atoms with Gasteiger partial charge < -0.3 is 10.6 Å². The van der Waals surface area contributed by atoms with Crippen molar-refractivity contribution >= 4 is 17.1 Å². The Labute approximate surface area is 110 Å². The van der Waals surface area contributed by atoms with Crippen LogP contribution in [0.15, 0.2) is 48.8 Å². The predicted octanol–water partition coefficient (Wildman–Crippen LogP) is 2.51. The van der Waals surface area contributed by atoms with E-state index in [1.165, 1.54) is 12.4 Å². The monoisotopic (exact) mass is 258 g/mol. The second-order valence-electron chi connectivity index (χ2n) is 3.87. The highest BCUT2D eigenvalue weighted by atomic mass is 16.6. The van der Waals surface area contributed by atoms with Gasteiger partial charge in [-0.15, -0.1) is 0 Å². The van der Waals surface area contributed by atoms with E-state index < -0.39 is 4.92 Å². The maximum Gasteiger partial charge on any atom is 0.310 e. The minimum absolute atomic E-state index is 0.0118. The lowest BCUT2D eigenvalue weighted by atomic mass is 10.3. The van der Waals surface area contributed by atoms with Gasteiger partial charge in [0.2, 0.25) is 0 Å². The molecular weight excluding hydrogens is 244 g/mol. The normalized spacial score (nSPS) is 9.89. The van der Waals surface area contributed by atoms with E-state index in [2.05, 4.69) is 15.6 Å². The Morgan fingerprint density at radius 2 is 1.84 bits per heavy atom. The first-order valence-electron chi connectivity index (χ1n) is 5.88. The molecule has 0 unspecified atom stereocenters. The van der Waals surface area contributed by atoms with Crippen molar-refractivity contribution in [3.8, 4) is 0 Å². The smallest absolute Gasteiger partial charge is 0.310 e. The number of pyridine rings is 1. The zero-order valence-electron chi connectivity index (χ0n) is 10.2. The number of benzene rings is 1. The van der Waals surface area contributed by atoms with Crippen LogP contribution in [0.25, 0.3) is 0 Å². The second-order valence-corrected chi connectivity index (χ2v) is 3.87. The van der Waals surface area contributed by atoms with Crippen molar-refractivity contribution < 1.29 is 4.92 Å². The molecule has 1 heterocycles. The molecule has 1 aromatic carbocycles. The number of anilines is 2. The van der Waals surface area contributed by atoms with Crippen LogP contribution in [0.2, 0.25) is 0 Å². The molecule has 6 heteroatoms. The van der Waals surface area contributed by atoms with Gasteiger partial charge in [-0.05, 0) is 18.2 Å². The highest BCUT2D eigenvalue weighted by Gasteiger charge is 2.11. The Balaban J connectivity index is 1.85. The van der Waals surface area contributed by atoms with Gasteiger partial charge in [0.05, 0.1) is 4.92 Å². The fourth-order valence-electron chi connectivity index (χ4n) is 1.64. The van der Waals surface area contributed by atoms with Gasteiger partial charge in [0, 0.05) is 25.0 Å². The van der Waals surface area contributed by atoms with E-state index in [-0.39, 0.29) is 5.69 Å². The van der Waals surface area contributed by atoms with E-state index in [1.54, 1.807) is 6.07 Å². The first-order chi connectivity index (χ1) is 9.27. The van der Waals surface area contributed by atoms with Gasteiger partial charge in [0.25, 0.3) is 0 Å². The lowest BCUT2D eigenvalue weighted by Crippen LogP contribution is -2.14. The van der Waals surface area contributed by atoms with Crippen molar-refractivity contribution in [3.63, 3.8) is 0 Å². The molecule has 2 N–H and O–H groups in total. The van der Waals surface area contributed by atoms with Gasteiger partial charge in [-0.2, -0.15) is 0 Å². The lowest BCUT2D eigenvalue weighted by Gasteiger charge is -2.08. The third-order valence-electron chi connectivity index (χ3n) is 2.54. The summed E-state index contributed by atoms with van der Waals surface area (Å²) in [6.07, 6.45) is 2.77. The first-order valence-corrected chi connectivity index (χ1v) is 5.88. The Bertz CT molecular complexity index is 545. The van der Waals surface area contributed by atoms with Crippen molar-refractivity contribution in [2.24, 2.45) is 0 Å². The Kier molecular flexibility index (Phi) is 4.28. The van der Waals surface area contributed by atoms with Crippen molar-refractivity contribution in [1.29, 1.82) is 0 Å². The summed E-state index contributed by atoms with van der Waals surface area (Å²) in [6.45, 7) is 1.25. The minimum Gasteiger partial charge on any atom is -0.383 e. The number of nitro groups is 1. The van der Waals surface area contributed by atoms with Crippen LogP contribution in [0.3, 0.4) is 0 Å². The number of nitrogens with zero attached hydrogens (tertiary/aromatic N) is 2. The molecule has 98 valence electrons. The van der Waals surface area contributed by atoms with Gasteiger partial charge in [-0.3, -0.25) is 15.1 Å². The van der Waals surface area contributed by atoms with Gasteiger partial charge in [0.1, 0.15) is 11.9 Å². The molecule has 1 aromatic heterocycles. The quantitative estimate of drug-likeness (QED) is 0.472. The van der Waals surface area contributed by atoms with Crippen LogP contribution in [0.4, 0.5) is 17.1 Å². The topological polar surface area (TPSA) is 80.1 Å². The molecule has 0 spiro atoms. The molecule has 0 saturated carbocycles. The highest BCUT2D eigenvalue weighted by Crippen LogP contribution is 2.21. The summed E-state index contributed by atoms with van der Waals surface area (Å²) in [5, 5.41) is 17.0. The molecular formula is C13H14N4O2. The number of rotatable bonds is 6. The summed E-state index contributed by atoms with van der Waals surface area (Å²) in [5.41, 5.74) is 1.49. The third kappa shape index (κ3) is 3.67. The van der Waals surface area contributed by atoms with Crippen molar-refractivity contribution in [1.82, 2.24) is 4.98 Å². The average Bonchev–Trinajstić information content (AvgIpc) is 2.45. The van der Waals surface area contributed by atoms with Crippen LogP contribution in [0, 0.1) is 10.1 Å². The van der Waals surface area contributed by atoms with Crippen LogP contribution >= 0.6 is 0 Å². The SMILES string of the molecule is O=[N+]([O-])c1cnccc1NCCNc1ccccc1. The van der Waals surface area contributed by atoms with Crippen molar-refractivity contribution in [2.75, 3.05) is 23.7 Å². The number of hydrogen-bond acceptors (Lipinski definition) is 5. The van der Waals surface area contributed by atoms with Crippen molar-refractivity contribution in [3.05, 3.63) is 58.9 Å². The second kappa shape index (κ2) is 6.34. The van der Waals surface area contributed by atoms with Gasteiger partial charge in [-0.25, -0.2) is 0 Å². The molecule has 6 nitrogen and oxygen atoms in total. The van der Waals surface area contributed by atoms with Crippen LogP contribution in [0.5, 0.6) is 0 Å². The van der Waals surface area contributed by atoms with Crippen LogP contribution in [-0.2, 0) is 0 Å². The molecule has 0 bridgehead atoms. The fourth-order valence-corrected chi connectivity index (χ4v) is 1.64. The van der Waals surface area contributed by atoms with E-state index >= 15 is 0 Å². The van der Waals surface area contributed by atoms with E-state index in [4.69, 9.17) is 0 Å². The maximum atomic E-state index is 10.8. The molecule has 0 aliphatic heterocycles. The summed E-state index contributed by atoms with van der Waals surface area (Å²) in [7, 11) is 0. The number of para-hydroxylation sites is 1. The number of aromatic nitrogens is 1. The Morgan fingerprint density at radius 1 is 1.11 bits per heavy atom. The van der Waals surface area contributed by atoms with Crippen LogP contribution in [0.1, 0.15) is 0 Å². The molecule has 0 fully saturated rings. The van der Waals surface area contributed by atoms with Gasteiger partial charge in [0.15, 0.2) is 0 Å². The molecule has 0 aliphatic rings. The molecule has 19 heavy (non-hydrogen) atoms. The predicted molar refractivity (Wildman–Crippen MR) is 74.3 cm³/mol. The van der Waals surface area contributed by atoms with E-state index in [9.17, 15) is 10.1 Å². The standard InChI is InChI=1S/C13H14N4O2/c18-17(19)13-10-14-7-6-12(13)16-9-8-15-11-4-2-1-3-5-11/h1-7,10,15H,8-9H2,(H,14,16). The molecule has 2 rings (SSSR count).